The molecule has 0 atom stereocenters. The summed E-state index contributed by atoms with van der Waals surface area (Å²) < 4.78 is 10.6. The summed E-state index contributed by atoms with van der Waals surface area (Å²) in [6.07, 6.45) is 3.69. The molecule has 0 fully saturated rings. The molecule has 1 rings (SSSR count). The van der Waals surface area contributed by atoms with Gasteiger partial charge in [-0.05, 0) is 51.5 Å². The third kappa shape index (κ3) is 7.18. The molecular formula is C22H33NO3. The van der Waals surface area contributed by atoms with Crippen molar-refractivity contribution in [1.29, 1.82) is 0 Å². The van der Waals surface area contributed by atoms with E-state index in [4.69, 9.17) is 9.47 Å². The van der Waals surface area contributed by atoms with Crippen LogP contribution < -0.4 is 4.74 Å². The van der Waals surface area contributed by atoms with E-state index in [0.717, 1.165) is 17.0 Å². The average Bonchev–Trinajstić information content (AvgIpc) is 2.60. The van der Waals surface area contributed by atoms with Gasteiger partial charge in [0, 0.05) is 17.9 Å². The van der Waals surface area contributed by atoms with Gasteiger partial charge in [0.05, 0.1) is 7.11 Å². The molecule has 0 aliphatic carbocycles. The number of esters is 1. The molecule has 0 N–H and O–H groups in total. The van der Waals surface area contributed by atoms with E-state index >= 15 is 0 Å². The maximum atomic E-state index is 11.8. The Hall–Kier alpha value is -2.49. The molecule has 0 radical (unpaired) electrons. The van der Waals surface area contributed by atoms with Crippen LogP contribution in [0.1, 0.15) is 47.1 Å². The zero-order valence-electron chi connectivity index (χ0n) is 17.3. The second kappa shape index (κ2) is 11.2. The van der Waals surface area contributed by atoms with Crippen molar-refractivity contribution < 1.29 is 14.3 Å². The van der Waals surface area contributed by atoms with Gasteiger partial charge in [0.1, 0.15) is 5.75 Å². The Labute approximate surface area is 158 Å². The molecule has 0 bridgehead atoms. The van der Waals surface area contributed by atoms with Gasteiger partial charge in [-0.1, -0.05) is 45.2 Å². The topological polar surface area (TPSA) is 38.8 Å². The molecule has 26 heavy (non-hydrogen) atoms. The maximum absolute atomic E-state index is 11.8. The van der Waals surface area contributed by atoms with Gasteiger partial charge in [-0.25, -0.2) is 4.79 Å². The standard InChI is InChI=1S/C20H27NO3.C2H6/c1-8-10-16(4)21(15(2)3)14-17-11-9-12-18(13-17)24-20(5,6)19(22)23-7;1-2/h8-13H,1-2,14H2,3-7H3;1-2H3/b16-10+;. The van der Waals surface area contributed by atoms with Gasteiger partial charge >= 0.3 is 5.97 Å². The summed E-state index contributed by atoms with van der Waals surface area (Å²) in [5, 5.41) is 0. The predicted octanol–water partition coefficient (Wildman–Crippen LogP) is 5.47. The molecule has 1 aromatic carbocycles. The number of nitrogens with zero attached hydrogens (tertiary/aromatic N) is 1. The van der Waals surface area contributed by atoms with Crippen molar-refractivity contribution in [3.05, 3.63) is 66.5 Å². The van der Waals surface area contributed by atoms with E-state index in [1.165, 1.54) is 7.11 Å². The van der Waals surface area contributed by atoms with Gasteiger partial charge in [-0.3, -0.25) is 0 Å². The van der Waals surface area contributed by atoms with Gasteiger partial charge in [-0.15, -0.1) is 0 Å². The van der Waals surface area contributed by atoms with Crippen LogP contribution in [-0.4, -0.2) is 23.6 Å². The van der Waals surface area contributed by atoms with E-state index < -0.39 is 11.6 Å². The summed E-state index contributed by atoms with van der Waals surface area (Å²) in [7, 11) is 1.35. The number of hydrogen-bond acceptors (Lipinski definition) is 4. The number of methoxy groups -OCH3 is 1. The SMILES string of the molecule is C=C/C=C(\C)N(Cc1cccc(OC(C)(C)C(=O)OC)c1)C(=C)C.CC. The summed E-state index contributed by atoms with van der Waals surface area (Å²) in [6.45, 7) is 19.8. The van der Waals surface area contributed by atoms with Crippen molar-refractivity contribution in [2.75, 3.05) is 7.11 Å². The summed E-state index contributed by atoms with van der Waals surface area (Å²) in [5.41, 5.74) is 2.00. The molecule has 0 aromatic heterocycles. The summed E-state index contributed by atoms with van der Waals surface area (Å²) in [5.74, 6) is 0.205. The van der Waals surface area contributed by atoms with Gasteiger partial charge in [-0.2, -0.15) is 0 Å². The van der Waals surface area contributed by atoms with Crippen LogP contribution in [0.2, 0.25) is 0 Å². The Kier molecular flexibility index (Phi) is 10.1. The second-order valence-corrected chi connectivity index (χ2v) is 6.12. The number of carbonyl (C=O) groups excluding carboxylic acids is 1. The van der Waals surface area contributed by atoms with Crippen molar-refractivity contribution in [2.24, 2.45) is 0 Å². The van der Waals surface area contributed by atoms with Crippen LogP contribution in [0.5, 0.6) is 5.75 Å². The lowest BCUT2D eigenvalue weighted by Crippen LogP contribution is -2.39. The highest BCUT2D eigenvalue weighted by molar-refractivity contribution is 5.78. The first-order valence-corrected chi connectivity index (χ1v) is 8.80. The number of benzene rings is 1. The van der Waals surface area contributed by atoms with E-state index in [1.54, 1.807) is 19.9 Å². The van der Waals surface area contributed by atoms with Crippen LogP contribution in [-0.2, 0) is 16.1 Å². The van der Waals surface area contributed by atoms with E-state index in [2.05, 4.69) is 18.1 Å². The van der Waals surface area contributed by atoms with E-state index in [9.17, 15) is 4.79 Å². The van der Waals surface area contributed by atoms with Gasteiger partial charge in [0.15, 0.2) is 5.60 Å². The fourth-order valence-corrected chi connectivity index (χ4v) is 2.29. The van der Waals surface area contributed by atoms with Crippen LogP contribution in [0.15, 0.2) is 61.0 Å². The van der Waals surface area contributed by atoms with E-state index in [0.29, 0.717) is 12.3 Å². The lowest BCUT2D eigenvalue weighted by atomic mass is 10.1. The monoisotopic (exact) mass is 359 g/mol. The molecule has 0 heterocycles. The Bertz CT molecular complexity index is 645. The zero-order chi connectivity index (χ0) is 20.3. The highest BCUT2D eigenvalue weighted by Crippen LogP contribution is 2.23. The fraction of sp³-hybridized carbons (Fsp3) is 0.409. The number of hydrogen-bond donors (Lipinski definition) is 0. The molecule has 4 heteroatoms. The molecule has 0 saturated carbocycles. The molecule has 0 aliphatic rings. The quantitative estimate of drug-likeness (QED) is 0.456. The van der Waals surface area contributed by atoms with Crippen molar-refractivity contribution in [3.63, 3.8) is 0 Å². The first kappa shape index (κ1) is 23.5. The molecule has 1 aromatic rings. The molecular weight excluding hydrogens is 326 g/mol. The lowest BCUT2D eigenvalue weighted by Gasteiger charge is -2.27. The number of rotatable bonds is 8. The number of allylic oxidation sites excluding steroid dienone is 4. The van der Waals surface area contributed by atoms with Crippen molar-refractivity contribution >= 4 is 5.97 Å². The molecule has 0 saturated heterocycles. The Morgan fingerprint density at radius 2 is 1.88 bits per heavy atom. The Morgan fingerprint density at radius 1 is 1.27 bits per heavy atom. The number of carbonyl (C=O) groups is 1. The first-order chi connectivity index (χ1) is 12.2. The van der Waals surface area contributed by atoms with Crippen LogP contribution >= 0.6 is 0 Å². The highest BCUT2D eigenvalue weighted by atomic mass is 16.6. The van der Waals surface area contributed by atoms with Crippen LogP contribution in [0, 0.1) is 0 Å². The minimum atomic E-state index is -1.04. The van der Waals surface area contributed by atoms with Crippen LogP contribution in [0.25, 0.3) is 0 Å². The minimum absolute atomic E-state index is 0.416. The second-order valence-electron chi connectivity index (χ2n) is 6.12. The van der Waals surface area contributed by atoms with E-state index in [1.807, 2.05) is 58.0 Å². The molecule has 0 amide bonds. The average molecular weight is 360 g/mol. The normalized spacial score (nSPS) is 11.0. The maximum Gasteiger partial charge on any atom is 0.349 e. The van der Waals surface area contributed by atoms with Gasteiger partial charge in [0.2, 0.25) is 0 Å². The zero-order valence-corrected chi connectivity index (χ0v) is 17.3. The van der Waals surface area contributed by atoms with E-state index in [-0.39, 0.29) is 0 Å². The molecule has 144 valence electrons. The Balaban J connectivity index is 0.00000301. The van der Waals surface area contributed by atoms with Gasteiger partial charge < -0.3 is 14.4 Å². The molecule has 0 spiro atoms. The van der Waals surface area contributed by atoms with Crippen LogP contribution in [0.4, 0.5) is 0 Å². The molecule has 0 aliphatic heterocycles. The molecule has 0 unspecified atom stereocenters. The summed E-state index contributed by atoms with van der Waals surface area (Å²) >= 11 is 0. The third-order valence-electron chi connectivity index (χ3n) is 3.53. The van der Waals surface area contributed by atoms with Gasteiger partial charge in [0.25, 0.3) is 0 Å². The smallest absolute Gasteiger partial charge is 0.349 e. The Morgan fingerprint density at radius 3 is 2.38 bits per heavy atom. The first-order valence-electron chi connectivity index (χ1n) is 8.80. The third-order valence-corrected chi connectivity index (χ3v) is 3.53. The molecule has 4 nitrogen and oxygen atoms in total. The van der Waals surface area contributed by atoms with Crippen molar-refractivity contribution in [1.82, 2.24) is 4.90 Å². The van der Waals surface area contributed by atoms with Crippen molar-refractivity contribution in [2.45, 2.75) is 53.7 Å². The minimum Gasteiger partial charge on any atom is -0.476 e. The van der Waals surface area contributed by atoms with Crippen molar-refractivity contribution in [3.8, 4) is 5.75 Å². The predicted molar refractivity (Wildman–Crippen MR) is 109 cm³/mol. The number of ether oxygens (including phenoxy) is 2. The summed E-state index contributed by atoms with van der Waals surface area (Å²) in [4.78, 5) is 13.9. The largest absolute Gasteiger partial charge is 0.476 e. The lowest BCUT2D eigenvalue weighted by molar-refractivity contribution is -0.156. The fourth-order valence-electron chi connectivity index (χ4n) is 2.29. The summed E-state index contributed by atoms with van der Waals surface area (Å²) in [6, 6.07) is 7.66. The van der Waals surface area contributed by atoms with Crippen LogP contribution in [0.3, 0.4) is 0 Å². The highest BCUT2D eigenvalue weighted by Gasteiger charge is 2.31.